The van der Waals surface area contributed by atoms with Crippen LogP contribution in [0, 0.1) is 5.92 Å². The lowest BCUT2D eigenvalue weighted by atomic mass is 10.1. The average Bonchev–Trinajstić information content (AvgIpc) is 2.73. The first kappa shape index (κ1) is 23.9. The predicted molar refractivity (Wildman–Crippen MR) is 118 cm³/mol. The van der Waals surface area contributed by atoms with Crippen molar-refractivity contribution < 1.29 is 28.6 Å². The van der Waals surface area contributed by atoms with Gasteiger partial charge in [0.15, 0.2) is 23.9 Å². The molecule has 0 spiro atoms. The molecule has 0 heterocycles. The molecule has 0 atom stereocenters. The summed E-state index contributed by atoms with van der Waals surface area (Å²) < 4.78 is 16.1. The number of ether oxygens (including phenoxy) is 3. The first-order valence-electron chi connectivity index (χ1n) is 10.3. The van der Waals surface area contributed by atoms with E-state index >= 15 is 0 Å². The van der Waals surface area contributed by atoms with Gasteiger partial charge < -0.3 is 19.5 Å². The smallest absolute Gasteiger partial charge is 0.338 e. The lowest BCUT2D eigenvalue weighted by molar-refractivity contribution is -0.116. The summed E-state index contributed by atoms with van der Waals surface area (Å²) in [6.45, 7) is 8.12. The van der Waals surface area contributed by atoms with Crippen LogP contribution in [0.25, 0.3) is 0 Å². The minimum absolute atomic E-state index is 0.0789. The fourth-order valence-electron chi connectivity index (χ4n) is 2.80. The molecule has 0 aliphatic heterocycles. The number of anilines is 1. The molecule has 2 rings (SSSR count). The lowest BCUT2D eigenvalue weighted by Crippen LogP contribution is -2.15. The molecule has 7 heteroatoms. The average molecular weight is 427 g/mol. The number of benzene rings is 2. The van der Waals surface area contributed by atoms with Gasteiger partial charge in [-0.1, -0.05) is 13.8 Å². The maximum absolute atomic E-state index is 12.4. The molecule has 7 nitrogen and oxygen atoms in total. The van der Waals surface area contributed by atoms with Crippen LogP contribution in [0.4, 0.5) is 5.69 Å². The Labute approximate surface area is 182 Å². The molecule has 2 aromatic carbocycles. The Balaban J connectivity index is 1.95. The highest BCUT2D eigenvalue weighted by Gasteiger charge is 2.15. The summed E-state index contributed by atoms with van der Waals surface area (Å²) >= 11 is 0. The van der Waals surface area contributed by atoms with E-state index in [0.717, 1.165) is 0 Å². The minimum atomic E-state index is -0.630. The fraction of sp³-hybridized carbons (Fsp3) is 0.375. The van der Waals surface area contributed by atoms with E-state index in [2.05, 4.69) is 5.32 Å². The van der Waals surface area contributed by atoms with Gasteiger partial charge in [-0.2, -0.15) is 0 Å². The van der Waals surface area contributed by atoms with E-state index in [9.17, 15) is 14.4 Å². The van der Waals surface area contributed by atoms with Gasteiger partial charge in [0.1, 0.15) is 0 Å². The first-order chi connectivity index (χ1) is 14.8. The predicted octanol–water partition coefficient (Wildman–Crippen LogP) is 4.51. The van der Waals surface area contributed by atoms with Gasteiger partial charge in [0.25, 0.3) is 0 Å². The minimum Gasteiger partial charge on any atom is -0.490 e. The van der Waals surface area contributed by atoms with Crippen molar-refractivity contribution in [2.24, 2.45) is 5.92 Å². The normalized spacial score (nSPS) is 10.5. The molecule has 31 heavy (non-hydrogen) atoms. The first-order valence-corrected chi connectivity index (χ1v) is 10.3. The second-order valence-electron chi connectivity index (χ2n) is 7.25. The molecule has 0 bridgehead atoms. The Hall–Kier alpha value is -3.35. The third-order valence-corrected chi connectivity index (χ3v) is 4.20. The van der Waals surface area contributed by atoms with Crippen LogP contribution in [0.3, 0.4) is 0 Å². The van der Waals surface area contributed by atoms with Crippen LogP contribution < -0.4 is 14.8 Å². The number of hydrogen-bond acceptors (Lipinski definition) is 6. The zero-order valence-corrected chi connectivity index (χ0v) is 18.4. The number of carbonyl (C=O) groups excluding carboxylic acids is 3. The molecule has 0 radical (unpaired) electrons. The van der Waals surface area contributed by atoms with E-state index in [0.29, 0.717) is 42.4 Å². The summed E-state index contributed by atoms with van der Waals surface area (Å²) in [6.07, 6.45) is 0.424. The molecular formula is C24H29NO6. The number of Topliss-reactive ketones (excluding diaryl/α,β-unsaturated/α-hetero) is 1. The number of nitrogens with one attached hydrogen (secondary N) is 1. The van der Waals surface area contributed by atoms with Gasteiger partial charge in [0, 0.05) is 17.7 Å². The molecule has 2 aromatic rings. The van der Waals surface area contributed by atoms with Crippen molar-refractivity contribution in [1.82, 2.24) is 0 Å². The van der Waals surface area contributed by atoms with Crippen LogP contribution in [0.2, 0.25) is 0 Å². The van der Waals surface area contributed by atoms with E-state index < -0.39 is 12.6 Å². The van der Waals surface area contributed by atoms with Gasteiger partial charge in [-0.05, 0) is 62.2 Å². The topological polar surface area (TPSA) is 90.9 Å². The maximum atomic E-state index is 12.4. The summed E-state index contributed by atoms with van der Waals surface area (Å²) in [6, 6.07) is 11.2. The zero-order chi connectivity index (χ0) is 22.8. The third kappa shape index (κ3) is 7.44. The van der Waals surface area contributed by atoms with Crippen molar-refractivity contribution in [3.8, 4) is 11.5 Å². The largest absolute Gasteiger partial charge is 0.490 e. The molecule has 0 unspecified atom stereocenters. The number of hydrogen-bond donors (Lipinski definition) is 1. The standard InChI is InChI=1S/C24H29NO6/c1-5-29-21-12-9-18(14-22(21)30-6-2)24(28)31-15-20(26)17-7-10-19(11-8-17)25-23(27)13-16(3)4/h7-12,14,16H,5-6,13,15H2,1-4H3,(H,25,27). The van der Waals surface area contributed by atoms with Gasteiger partial charge in [0.05, 0.1) is 18.8 Å². The zero-order valence-electron chi connectivity index (χ0n) is 18.4. The molecule has 1 amide bonds. The van der Waals surface area contributed by atoms with Crippen molar-refractivity contribution >= 4 is 23.3 Å². The van der Waals surface area contributed by atoms with Crippen LogP contribution in [0.5, 0.6) is 11.5 Å². The van der Waals surface area contributed by atoms with Gasteiger partial charge in [-0.25, -0.2) is 4.79 Å². The van der Waals surface area contributed by atoms with Crippen molar-refractivity contribution in [2.75, 3.05) is 25.1 Å². The highest BCUT2D eigenvalue weighted by atomic mass is 16.5. The summed E-state index contributed by atoms with van der Waals surface area (Å²) in [5, 5.41) is 2.78. The van der Waals surface area contributed by atoms with Crippen LogP contribution in [0.1, 0.15) is 54.8 Å². The van der Waals surface area contributed by atoms with Crippen molar-refractivity contribution in [3.05, 3.63) is 53.6 Å². The summed E-state index contributed by atoms with van der Waals surface area (Å²) in [7, 11) is 0. The van der Waals surface area contributed by atoms with Gasteiger partial charge in [-0.3, -0.25) is 9.59 Å². The lowest BCUT2D eigenvalue weighted by Gasteiger charge is -2.12. The molecule has 1 N–H and O–H groups in total. The van der Waals surface area contributed by atoms with Gasteiger partial charge in [0.2, 0.25) is 5.91 Å². The molecule has 166 valence electrons. The molecular weight excluding hydrogens is 398 g/mol. The molecule has 0 aliphatic carbocycles. The van der Waals surface area contributed by atoms with Gasteiger partial charge >= 0.3 is 5.97 Å². The molecule has 0 fully saturated rings. The van der Waals surface area contributed by atoms with E-state index in [1.54, 1.807) is 36.4 Å². The van der Waals surface area contributed by atoms with Crippen LogP contribution in [0.15, 0.2) is 42.5 Å². The van der Waals surface area contributed by atoms with Gasteiger partial charge in [-0.15, -0.1) is 0 Å². The van der Waals surface area contributed by atoms with Crippen molar-refractivity contribution in [2.45, 2.75) is 34.1 Å². The number of carbonyl (C=O) groups is 3. The number of rotatable bonds is 11. The van der Waals surface area contributed by atoms with E-state index in [1.807, 2.05) is 27.7 Å². The van der Waals surface area contributed by atoms with Crippen LogP contribution in [-0.2, 0) is 9.53 Å². The Morgan fingerprint density at radius 1 is 0.871 bits per heavy atom. The quantitative estimate of drug-likeness (QED) is 0.419. The highest BCUT2D eigenvalue weighted by Crippen LogP contribution is 2.28. The Kier molecular flexibility index (Phi) is 9.06. The van der Waals surface area contributed by atoms with E-state index in [1.165, 1.54) is 6.07 Å². The summed E-state index contributed by atoms with van der Waals surface area (Å²) in [4.78, 5) is 36.5. The number of amides is 1. The number of esters is 1. The van der Waals surface area contributed by atoms with E-state index in [4.69, 9.17) is 14.2 Å². The van der Waals surface area contributed by atoms with Crippen LogP contribution in [-0.4, -0.2) is 37.5 Å². The Morgan fingerprint density at radius 3 is 2.10 bits per heavy atom. The second kappa shape index (κ2) is 11.7. The van der Waals surface area contributed by atoms with E-state index in [-0.39, 0.29) is 23.2 Å². The molecule has 0 aromatic heterocycles. The van der Waals surface area contributed by atoms with Crippen LogP contribution >= 0.6 is 0 Å². The summed E-state index contributed by atoms with van der Waals surface area (Å²) in [5.74, 6) is 0.192. The molecule has 0 aliphatic rings. The fourth-order valence-corrected chi connectivity index (χ4v) is 2.80. The Bertz CT molecular complexity index is 905. The highest BCUT2D eigenvalue weighted by molar-refractivity contribution is 6.00. The number of ketones is 1. The van der Waals surface area contributed by atoms with Crippen molar-refractivity contribution in [3.63, 3.8) is 0 Å². The Morgan fingerprint density at radius 2 is 1.48 bits per heavy atom. The maximum Gasteiger partial charge on any atom is 0.338 e. The third-order valence-electron chi connectivity index (χ3n) is 4.20. The molecule has 0 saturated carbocycles. The van der Waals surface area contributed by atoms with Crippen molar-refractivity contribution in [1.29, 1.82) is 0 Å². The SMILES string of the molecule is CCOc1ccc(C(=O)OCC(=O)c2ccc(NC(=O)CC(C)C)cc2)cc1OCC. The monoisotopic (exact) mass is 427 g/mol. The summed E-state index contributed by atoms with van der Waals surface area (Å²) in [5.41, 5.74) is 1.26. The second-order valence-corrected chi connectivity index (χ2v) is 7.25. The molecule has 0 saturated heterocycles.